The van der Waals surface area contributed by atoms with Crippen LogP contribution in [0.15, 0.2) is 12.1 Å². The van der Waals surface area contributed by atoms with Crippen LogP contribution in [-0.4, -0.2) is 31.2 Å². The van der Waals surface area contributed by atoms with Crippen LogP contribution in [0.1, 0.15) is 36.7 Å². The van der Waals surface area contributed by atoms with E-state index in [1.165, 1.54) is 0 Å². The summed E-state index contributed by atoms with van der Waals surface area (Å²) in [5, 5.41) is 8.30. The van der Waals surface area contributed by atoms with Gasteiger partial charge in [0.25, 0.3) is 0 Å². The summed E-state index contributed by atoms with van der Waals surface area (Å²) in [6, 6.07) is 2.24. The minimum Gasteiger partial charge on any atom is -0.394 e. The molecule has 2 N–H and O–H groups in total. The van der Waals surface area contributed by atoms with E-state index < -0.39 is 17.2 Å². The molecule has 0 bridgehead atoms. The molecule has 1 atom stereocenters. The first-order valence-electron chi connectivity index (χ1n) is 6.30. The fourth-order valence-electron chi connectivity index (χ4n) is 1.06. The Kier molecular flexibility index (Phi) is 13.2. The molecule has 0 amide bonds. The second-order valence-electron chi connectivity index (χ2n) is 3.58. The summed E-state index contributed by atoms with van der Waals surface area (Å²) in [5.74, 6) is -1.62. The topological polar surface area (TPSA) is 58.6 Å². The number of nitrogens with one attached hydrogen (secondary N) is 1. The van der Waals surface area contributed by atoms with Gasteiger partial charge in [-0.2, -0.15) is 0 Å². The Balaban J connectivity index is 0. The highest BCUT2D eigenvalue weighted by Crippen LogP contribution is 2.12. The standard InChI is InChI=1S/C8H6F2O.C4H11NO2.C2H6/c1-5-2-7(9)6(4-11)8(10)3-5;1-4(3-6)7-5-2;1-2/h2-4H,1H3;4-6H,3H2,1-2H3;1-2H3. The maximum absolute atomic E-state index is 12.6. The SMILES string of the molecule is CC.CNOC(C)CO.Cc1cc(F)c(C=O)c(F)c1. The van der Waals surface area contributed by atoms with Gasteiger partial charge in [-0.15, -0.1) is 0 Å². The fraction of sp³-hybridized carbons (Fsp3) is 0.500. The van der Waals surface area contributed by atoms with E-state index in [1.54, 1.807) is 20.9 Å². The Hall–Kier alpha value is -1.37. The zero-order valence-electron chi connectivity index (χ0n) is 12.5. The summed E-state index contributed by atoms with van der Waals surface area (Å²) in [5.41, 5.74) is 2.42. The highest BCUT2D eigenvalue weighted by Gasteiger charge is 2.07. The molecule has 0 saturated carbocycles. The summed E-state index contributed by atoms with van der Waals surface area (Å²) < 4.78 is 25.3. The van der Waals surface area contributed by atoms with Gasteiger partial charge < -0.3 is 5.11 Å². The van der Waals surface area contributed by atoms with E-state index in [-0.39, 0.29) is 19.0 Å². The van der Waals surface area contributed by atoms with Crippen LogP contribution in [0.2, 0.25) is 0 Å². The zero-order valence-corrected chi connectivity index (χ0v) is 12.5. The summed E-state index contributed by atoms with van der Waals surface area (Å²) in [6.07, 6.45) is 0.0643. The number of rotatable bonds is 4. The van der Waals surface area contributed by atoms with Crippen molar-refractivity contribution in [1.29, 1.82) is 0 Å². The van der Waals surface area contributed by atoms with Gasteiger partial charge in [-0.05, 0) is 31.5 Å². The van der Waals surface area contributed by atoms with Crippen molar-refractivity contribution in [3.05, 3.63) is 34.9 Å². The van der Waals surface area contributed by atoms with E-state index in [4.69, 9.17) is 9.94 Å². The molecule has 6 heteroatoms. The highest BCUT2D eigenvalue weighted by atomic mass is 19.1. The number of aliphatic hydroxyl groups is 1. The lowest BCUT2D eigenvalue weighted by Gasteiger charge is -2.05. The van der Waals surface area contributed by atoms with Crippen LogP contribution < -0.4 is 5.48 Å². The van der Waals surface area contributed by atoms with Crippen molar-refractivity contribution >= 4 is 6.29 Å². The smallest absolute Gasteiger partial charge is 0.155 e. The molecule has 0 aliphatic rings. The number of carbonyl (C=O) groups excluding carboxylic acids is 1. The van der Waals surface area contributed by atoms with E-state index in [0.717, 1.165) is 12.1 Å². The van der Waals surface area contributed by atoms with E-state index in [9.17, 15) is 13.6 Å². The van der Waals surface area contributed by atoms with Crippen molar-refractivity contribution in [3.63, 3.8) is 0 Å². The molecule has 0 radical (unpaired) electrons. The monoisotopic (exact) mass is 291 g/mol. The molecule has 0 spiro atoms. The molecule has 0 saturated heterocycles. The molecule has 1 aromatic carbocycles. The van der Waals surface area contributed by atoms with Crippen LogP contribution in [-0.2, 0) is 4.84 Å². The van der Waals surface area contributed by atoms with Crippen molar-refractivity contribution < 1.29 is 23.5 Å². The lowest BCUT2D eigenvalue weighted by Crippen LogP contribution is -2.20. The van der Waals surface area contributed by atoms with Crippen molar-refractivity contribution in [1.82, 2.24) is 5.48 Å². The molecule has 0 aliphatic carbocycles. The van der Waals surface area contributed by atoms with Crippen molar-refractivity contribution in [2.45, 2.75) is 33.8 Å². The van der Waals surface area contributed by atoms with E-state index >= 15 is 0 Å². The third-order valence-corrected chi connectivity index (χ3v) is 1.92. The number of aryl methyl sites for hydroxylation is 1. The molecule has 4 nitrogen and oxygen atoms in total. The molecule has 20 heavy (non-hydrogen) atoms. The number of hydrogen-bond donors (Lipinski definition) is 2. The Morgan fingerprint density at radius 2 is 1.80 bits per heavy atom. The minimum atomic E-state index is -0.808. The molecular weight excluding hydrogens is 268 g/mol. The maximum atomic E-state index is 12.6. The Labute approximate surface area is 118 Å². The lowest BCUT2D eigenvalue weighted by atomic mass is 10.1. The average Bonchev–Trinajstić information content (AvgIpc) is 2.41. The normalized spacial score (nSPS) is 10.6. The van der Waals surface area contributed by atoms with Gasteiger partial charge in [0.15, 0.2) is 6.29 Å². The molecular formula is C14H23F2NO3. The number of hydroxylamine groups is 1. The van der Waals surface area contributed by atoms with E-state index in [0.29, 0.717) is 5.56 Å². The van der Waals surface area contributed by atoms with Crippen molar-refractivity contribution in [2.75, 3.05) is 13.7 Å². The number of benzene rings is 1. The summed E-state index contributed by atoms with van der Waals surface area (Å²) in [4.78, 5) is 14.8. The zero-order chi connectivity index (χ0) is 16.1. The quantitative estimate of drug-likeness (QED) is 0.661. The third kappa shape index (κ3) is 8.68. The van der Waals surface area contributed by atoms with E-state index in [2.05, 4.69) is 5.48 Å². The molecule has 0 fully saturated rings. The first kappa shape index (κ1) is 20.9. The molecule has 116 valence electrons. The van der Waals surface area contributed by atoms with Gasteiger partial charge in [0.05, 0.1) is 18.3 Å². The predicted octanol–water partition coefficient (Wildman–Crippen LogP) is 2.63. The van der Waals surface area contributed by atoms with Crippen LogP contribution >= 0.6 is 0 Å². The molecule has 1 aromatic rings. The minimum absolute atomic E-state index is 0.0564. The van der Waals surface area contributed by atoms with Gasteiger partial charge >= 0.3 is 0 Å². The first-order chi connectivity index (χ1) is 9.46. The molecule has 1 rings (SSSR count). The van der Waals surface area contributed by atoms with Gasteiger partial charge in [0.1, 0.15) is 11.6 Å². The van der Waals surface area contributed by atoms with Gasteiger partial charge in [-0.25, -0.2) is 14.3 Å². The largest absolute Gasteiger partial charge is 0.394 e. The van der Waals surface area contributed by atoms with Crippen molar-refractivity contribution in [3.8, 4) is 0 Å². The maximum Gasteiger partial charge on any atom is 0.155 e. The Morgan fingerprint density at radius 3 is 2.05 bits per heavy atom. The Morgan fingerprint density at radius 1 is 1.35 bits per heavy atom. The lowest BCUT2D eigenvalue weighted by molar-refractivity contribution is -0.0294. The summed E-state index contributed by atoms with van der Waals surface area (Å²) in [6.45, 7) is 7.39. The average molecular weight is 291 g/mol. The number of aliphatic hydroxyl groups excluding tert-OH is 1. The molecule has 0 aliphatic heterocycles. The number of carbonyl (C=O) groups is 1. The first-order valence-corrected chi connectivity index (χ1v) is 6.30. The van der Waals surface area contributed by atoms with Crippen LogP contribution in [0.5, 0.6) is 0 Å². The van der Waals surface area contributed by atoms with E-state index in [1.807, 2.05) is 13.8 Å². The van der Waals surface area contributed by atoms with Gasteiger partial charge in [-0.3, -0.25) is 9.63 Å². The number of halogens is 2. The van der Waals surface area contributed by atoms with Crippen LogP contribution in [0.25, 0.3) is 0 Å². The molecule has 0 heterocycles. The third-order valence-electron chi connectivity index (χ3n) is 1.92. The predicted molar refractivity (Wildman–Crippen MR) is 74.5 cm³/mol. The summed E-state index contributed by atoms with van der Waals surface area (Å²) in [7, 11) is 1.66. The molecule has 1 unspecified atom stereocenters. The molecule has 0 aromatic heterocycles. The van der Waals surface area contributed by atoms with Gasteiger partial charge in [0.2, 0.25) is 0 Å². The van der Waals surface area contributed by atoms with Crippen LogP contribution in [0.3, 0.4) is 0 Å². The Bertz CT molecular complexity index is 364. The number of aldehydes is 1. The summed E-state index contributed by atoms with van der Waals surface area (Å²) >= 11 is 0. The second-order valence-corrected chi connectivity index (χ2v) is 3.58. The van der Waals surface area contributed by atoms with Gasteiger partial charge in [0, 0.05) is 7.05 Å². The van der Waals surface area contributed by atoms with Crippen molar-refractivity contribution in [2.24, 2.45) is 0 Å². The van der Waals surface area contributed by atoms with Crippen LogP contribution in [0.4, 0.5) is 8.78 Å². The number of hydrogen-bond acceptors (Lipinski definition) is 4. The fourth-order valence-corrected chi connectivity index (χ4v) is 1.06. The van der Waals surface area contributed by atoms with Crippen LogP contribution in [0, 0.1) is 18.6 Å². The highest BCUT2D eigenvalue weighted by molar-refractivity contribution is 5.75. The van der Waals surface area contributed by atoms with Gasteiger partial charge in [-0.1, -0.05) is 13.8 Å². The second kappa shape index (κ2) is 12.7.